The van der Waals surface area contributed by atoms with Crippen molar-refractivity contribution in [2.24, 2.45) is 0 Å². The van der Waals surface area contributed by atoms with Gasteiger partial charge in [-0.25, -0.2) is 19.2 Å². The summed E-state index contributed by atoms with van der Waals surface area (Å²) in [5, 5.41) is 52.4. The minimum absolute atomic E-state index is 0. The first-order valence-corrected chi connectivity index (χ1v) is 6.65. The Hall–Kier alpha value is -3.20. The van der Waals surface area contributed by atoms with E-state index in [0.717, 1.165) is 24.3 Å². The first-order chi connectivity index (χ1) is 12.1. The molecule has 0 radical (unpaired) electrons. The minimum atomic E-state index is -1.46. The maximum absolute atomic E-state index is 10.5. The van der Waals surface area contributed by atoms with Crippen molar-refractivity contribution >= 4 is 23.9 Å². The molecule has 2 aromatic carbocycles. The molecule has 0 saturated carbocycles. The quantitative estimate of drug-likeness (QED) is 0.394. The van der Waals surface area contributed by atoms with Gasteiger partial charge in [-0.3, -0.25) is 0 Å². The zero-order valence-electron chi connectivity index (χ0n) is 13.3. The van der Waals surface area contributed by atoms with Crippen LogP contribution >= 0.6 is 0 Å². The summed E-state index contributed by atoms with van der Waals surface area (Å²) in [5.41, 5.74) is -2.02. The molecule has 0 aliphatic heterocycles. The van der Waals surface area contributed by atoms with Gasteiger partial charge in [-0.1, -0.05) is 12.1 Å². The average molecular weight is 455 g/mol. The summed E-state index contributed by atoms with van der Waals surface area (Å²) in [6.45, 7) is 0. The van der Waals surface area contributed by atoms with Crippen molar-refractivity contribution in [1.29, 1.82) is 0 Å². The van der Waals surface area contributed by atoms with Crippen LogP contribution in [0.15, 0.2) is 36.4 Å². The Balaban J connectivity index is 0.000000483. The third-order valence-corrected chi connectivity index (χ3v) is 2.97. The van der Waals surface area contributed by atoms with Crippen LogP contribution in [0.2, 0.25) is 0 Å². The third-order valence-electron chi connectivity index (χ3n) is 2.97. The Bertz CT molecular complexity index is 817. The molecule has 0 saturated heterocycles. The first kappa shape index (κ1) is 23.8. The van der Waals surface area contributed by atoms with Crippen LogP contribution in [0.1, 0.15) is 41.4 Å². The molecular weight excluding hydrogens is 443 g/mol. The van der Waals surface area contributed by atoms with Crippen molar-refractivity contribution in [2.75, 3.05) is 0 Å². The van der Waals surface area contributed by atoms with Crippen molar-refractivity contribution in [3.05, 3.63) is 58.7 Å². The van der Waals surface area contributed by atoms with Gasteiger partial charge in [-0.05, 0) is 24.3 Å². The Kier molecular flexibility index (Phi) is 8.88. The fourth-order valence-corrected chi connectivity index (χ4v) is 1.89. The van der Waals surface area contributed by atoms with E-state index in [0.29, 0.717) is 0 Å². The van der Waals surface area contributed by atoms with Gasteiger partial charge in [-0.2, -0.15) is 0 Å². The van der Waals surface area contributed by atoms with Crippen LogP contribution in [0.25, 0.3) is 0 Å². The largest absolute Gasteiger partial charge is 0.507 e. The molecule has 6 N–H and O–H groups in total. The van der Waals surface area contributed by atoms with Gasteiger partial charge >= 0.3 is 23.9 Å². The molecule has 0 amide bonds. The first-order valence-electron chi connectivity index (χ1n) is 6.65. The Morgan fingerprint density at radius 3 is 1.04 bits per heavy atom. The van der Waals surface area contributed by atoms with E-state index in [1.807, 2.05) is 0 Å². The van der Waals surface area contributed by atoms with Crippen LogP contribution in [0.3, 0.4) is 0 Å². The molecule has 0 aromatic heterocycles. The predicted molar refractivity (Wildman–Crippen MR) is 84.1 cm³/mol. The van der Waals surface area contributed by atoms with Crippen molar-refractivity contribution in [3.63, 3.8) is 0 Å². The minimum Gasteiger partial charge on any atom is -0.507 e. The SMILES string of the molecule is O=C(O)c1cccc(O)c1C(=O)O.O=C(O)c1cccc(O)c1C(=O)O.[Zr]. The summed E-state index contributed by atoms with van der Waals surface area (Å²) in [4.78, 5) is 42.1. The summed E-state index contributed by atoms with van der Waals surface area (Å²) < 4.78 is 0. The van der Waals surface area contributed by atoms with Gasteiger partial charge in [-0.15, -0.1) is 0 Å². The molecule has 0 bridgehead atoms. The van der Waals surface area contributed by atoms with E-state index in [4.69, 9.17) is 30.6 Å². The topological polar surface area (TPSA) is 190 Å². The number of phenols is 2. The van der Waals surface area contributed by atoms with E-state index in [2.05, 4.69) is 0 Å². The number of rotatable bonds is 4. The normalized spacial score (nSPS) is 9.19. The molecular formula is C16H12O10Zr. The molecule has 27 heavy (non-hydrogen) atoms. The molecule has 0 aliphatic carbocycles. The number of benzene rings is 2. The summed E-state index contributed by atoms with van der Waals surface area (Å²) in [5.74, 6) is -6.78. The average Bonchev–Trinajstić information content (AvgIpc) is 2.54. The predicted octanol–water partition coefficient (Wildman–Crippen LogP) is 1.57. The Morgan fingerprint density at radius 1 is 0.556 bits per heavy atom. The number of aromatic carboxylic acids is 4. The van der Waals surface area contributed by atoms with Crippen LogP contribution < -0.4 is 0 Å². The van der Waals surface area contributed by atoms with Crippen LogP contribution in [-0.2, 0) is 26.2 Å². The standard InChI is InChI=1S/2C8H6O5.Zr/c2*9-5-3-1-2-4(7(10)11)6(5)8(12)13;/h2*1-3,9H,(H,10,11)(H,12,13);. The van der Waals surface area contributed by atoms with Gasteiger partial charge in [0.1, 0.15) is 22.6 Å². The molecule has 10 nitrogen and oxygen atoms in total. The molecule has 2 aromatic rings. The molecule has 0 spiro atoms. The van der Waals surface area contributed by atoms with Gasteiger partial charge in [0, 0.05) is 26.2 Å². The zero-order valence-corrected chi connectivity index (χ0v) is 15.7. The Morgan fingerprint density at radius 2 is 0.852 bits per heavy atom. The van der Waals surface area contributed by atoms with Crippen LogP contribution in [0.4, 0.5) is 0 Å². The molecule has 140 valence electrons. The second-order valence-electron chi connectivity index (χ2n) is 4.62. The van der Waals surface area contributed by atoms with Crippen LogP contribution in [-0.4, -0.2) is 54.5 Å². The van der Waals surface area contributed by atoms with Gasteiger partial charge in [0.05, 0.1) is 11.1 Å². The van der Waals surface area contributed by atoms with Crippen molar-refractivity contribution < 1.29 is 76.0 Å². The van der Waals surface area contributed by atoms with Gasteiger partial charge < -0.3 is 30.6 Å². The molecule has 11 heteroatoms. The third kappa shape index (κ3) is 5.93. The summed E-state index contributed by atoms with van der Waals surface area (Å²) in [6, 6.07) is 7.01. The number of carboxylic acids is 4. The van der Waals surface area contributed by atoms with Gasteiger partial charge in [0.25, 0.3) is 0 Å². The Labute approximate surface area is 170 Å². The van der Waals surface area contributed by atoms with Crippen LogP contribution in [0, 0.1) is 0 Å². The number of hydrogen-bond donors (Lipinski definition) is 6. The maximum atomic E-state index is 10.5. The van der Waals surface area contributed by atoms with Gasteiger partial charge in [0.2, 0.25) is 0 Å². The monoisotopic (exact) mass is 454 g/mol. The fraction of sp³-hybridized carbons (Fsp3) is 0. The van der Waals surface area contributed by atoms with E-state index >= 15 is 0 Å². The van der Waals surface area contributed by atoms with Crippen molar-refractivity contribution in [1.82, 2.24) is 0 Å². The second-order valence-corrected chi connectivity index (χ2v) is 4.62. The van der Waals surface area contributed by atoms with E-state index in [9.17, 15) is 19.2 Å². The molecule has 0 aliphatic rings. The smallest absolute Gasteiger partial charge is 0.340 e. The van der Waals surface area contributed by atoms with Crippen LogP contribution in [0.5, 0.6) is 11.5 Å². The molecule has 0 unspecified atom stereocenters. The maximum Gasteiger partial charge on any atom is 0.340 e. The van der Waals surface area contributed by atoms with Crippen molar-refractivity contribution in [2.45, 2.75) is 0 Å². The second kappa shape index (κ2) is 10.1. The fourth-order valence-electron chi connectivity index (χ4n) is 1.89. The van der Waals surface area contributed by atoms with E-state index in [1.165, 1.54) is 12.1 Å². The summed E-state index contributed by atoms with van der Waals surface area (Å²) in [7, 11) is 0. The van der Waals surface area contributed by atoms with Crippen molar-refractivity contribution in [3.8, 4) is 11.5 Å². The number of carbonyl (C=O) groups is 4. The van der Waals surface area contributed by atoms with E-state index in [1.54, 1.807) is 0 Å². The summed E-state index contributed by atoms with van der Waals surface area (Å²) in [6.07, 6.45) is 0. The van der Waals surface area contributed by atoms with E-state index in [-0.39, 0.29) is 26.2 Å². The molecule has 2 rings (SSSR count). The zero-order chi connectivity index (χ0) is 20.0. The number of aromatic hydroxyl groups is 2. The number of carboxylic acid groups (broad SMARTS) is 4. The molecule has 0 fully saturated rings. The number of hydrogen-bond acceptors (Lipinski definition) is 6. The van der Waals surface area contributed by atoms with E-state index < -0.39 is 57.6 Å². The van der Waals surface area contributed by atoms with Gasteiger partial charge in [0.15, 0.2) is 0 Å². The molecule has 0 heterocycles. The summed E-state index contributed by atoms with van der Waals surface area (Å²) >= 11 is 0. The molecule has 0 atom stereocenters.